The maximum atomic E-state index is 12.8. The second-order valence-corrected chi connectivity index (χ2v) is 9.10. The molecule has 0 N–H and O–H groups in total. The Hall–Kier alpha value is -2.67. The van der Waals surface area contributed by atoms with Gasteiger partial charge in [-0.05, 0) is 36.0 Å². The van der Waals surface area contributed by atoms with Gasteiger partial charge in [0.25, 0.3) is 0 Å². The molecule has 30 heavy (non-hydrogen) atoms. The number of likely N-dealkylation sites (tertiary alicyclic amines) is 1. The van der Waals surface area contributed by atoms with Crippen molar-refractivity contribution in [3.8, 4) is 11.4 Å². The molecule has 1 aliphatic heterocycles. The maximum absolute atomic E-state index is 12.8. The van der Waals surface area contributed by atoms with E-state index in [9.17, 15) is 4.79 Å². The topological polar surface area (TPSA) is 63.9 Å². The smallest absolute Gasteiger partial charge is 0.233 e. The Bertz CT molecular complexity index is 966. The number of nitrogens with zero attached hydrogens (tertiary/aromatic N) is 5. The van der Waals surface area contributed by atoms with E-state index in [1.165, 1.54) is 18.2 Å². The Morgan fingerprint density at radius 1 is 1.07 bits per heavy atom. The van der Waals surface area contributed by atoms with Crippen LogP contribution in [0.2, 0.25) is 0 Å². The van der Waals surface area contributed by atoms with Crippen LogP contribution >= 0.6 is 11.8 Å². The third-order valence-electron chi connectivity index (χ3n) is 5.37. The summed E-state index contributed by atoms with van der Waals surface area (Å²) in [6.45, 7) is 6.79. The average Bonchev–Trinajstić information content (AvgIpc) is 3.15. The second kappa shape index (κ2) is 9.43. The summed E-state index contributed by atoms with van der Waals surface area (Å²) in [6, 6.07) is 14.1. The number of aromatic nitrogens is 4. The molecular formula is C23H27N5OS. The van der Waals surface area contributed by atoms with Crippen LogP contribution in [0.1, 0.15) is 25.8 Å². The van der Waals surface area contributed by atoms with Crippen LogP contribution < -0.4 is 0 Å². The number of hydrogen-bond donors (Lipinski definition) is 0. The maximum Gasteiger partial charge on any atom is 0.233 e. The lowest BCUT2D eigenvalue weighted by molar-refractivity contribution is -0.130. The fraction of sp³-hybridized carbons (Fsp3) is 0.391. The van der Waals surface area contributed by atoms with Gasteiger partial charge in [-0.3, -0.25) is 14.3 Å². The van der Waals surface area contributed by atoms with Gasteiger partial charge < -0.3 is 4.90 Å². The number of amides is 1. The molecule has 2 aromatic heterocycles. The molecule has 0 spiro atoms. The second-order valence-electron chi connectivity index (χ2n) is 8.15. The largest absolute Gasteiger partial charge is 0.341 e. The van der Waals surface area contributed by atoms with Gasteiger partial charge in [-0.25, -0.2) is 0 Å². The van der Waals surface area contributed by atoms with Gasteiger partial charge in [0, 0.05) is 31.0 Å². The zero-order valence-electron chi connectivity index (χ0n) is 17.4. The summed E-state index contributed by atoms with van der Waals surface area (Å²) in [5.41, 5.74) is 2.08. The summed E-state index contributed by atoms with van der Waals surface area (Å²) < 4.78 is 2.08. The molecule has 1 fully saturated rings. The van der Waals surface area contributed by atoms with E-state index in [2.05, 4.69) is 45.7 Å². The van der Waals surface area contributed by atoms with Crippen molar-refractivity contribution < 1.29 is 4.79 Å². The summed E-state index contributed by atoms with van der Waals surface area (Å²) in [5, 5.41) is 9.59. The summed E-state index contributed by atoms with van der Waals surface area (Å²) in [5.74, 6) is 2.43. The summed E-state index contributed by atoms with van der Waals surface area (Å²) in [7, 11) is 0. The van der Waals surface area contributed by atoms with Gasteiger partial charge in [-0.15, -0.1) is 10.2 Å². The molecule has 1 aliphatic rings. The molecule has 7 heteroatoms. The Kier molecular flexibility index (Phi) is 6.47. The van der Waals surface area contributed by atoms with Crippen LogP contribution in [0.25, 0.3) is 11.4 Å². The van der Waals surface area contributed by atoms with Crippen LogP contribution in [0.4, 0.5) is 0 Å². The third-order valence-corrected chi connectivity index (χ3v) is 6.32. The van der Waals surface area contributed by atoms with E-state index in [-0.39, 0.29) is 5.91 Å². The van der Waals surface area contributed by atoms with Gasteiger partial charge in [-0.2, -0.15) is 0 Å². The van der Waals surface area contributed by atoms with E-state index in [1.54, 1.807) is 12.4 Å². The number of piperidine rings is 1. The van der Waals surface area contributed by atoms with Crippen molar-refractivity contribution in [3.05, 3.63) is 60.4 Å². The number of thioether (sulfide) groups is 1. The molecule has 4 rings (SSSR count). The van der Waals surface area contributed by atoms with Crippen molar-refractivity contribution in [2.24, 2.45) is 11.8 Å². The average molecular weight is 422 g/mol. The predicted octanol–water partition coefficient (Wildman–Crippen LogP) is 3.99. The van der Waals surface area contributed by atoms with E-state index < -0.39 is 0 Å². The van der Waals surface area contributed by atoms with E-state index in [4.69, 9.17) is 0 Å². The predicted molar refractivity (Wildman–Crippen MR) is 119 cm³/mol. The van der Waals surface area contributed by atoms with Gasteiger partial charge >= 0.3 is 0 Å². The molecule has 0 aliphatic carbocycles. The summed E-state index contributed by atoms with van der Waals surface area (Å²) in [6.07, 6.45) is 4.73. The molecule has 0 bridgehead atoms. The minimum absolute atomic E-state index is 0.176. The molecule has 1 saturated heterocycles. The monoisotopic (exact) mass is 421 g/mol. The number of pyridine rings is 1. The van der Waals surface area contributed by atoms with Gasteiger partial charge in [0.1, 0.15) is 0 Å². The Balaban J connectivity index is 1.54. The van der Waals surface area contributed by atoms with Crippen LogP contribution in [0, 0.1) is 11.8 Å². The summed E-state index contributed by atoms with van der Waals surface area (Å²) in [4.78, 5) is 19.1. The Morgan fingerprint density at radius 2 is 1.83 bits per heavy atom. The zero-order valence-corrected chi connectivity index (χ0v) is 18.3. The fourth-order valence-electron chi connectivity index (χ4n) is 4.10. The molecule has 3 aromatic rings. The van der Waals surface area contributed by atoms with Gasteiger partial charge in [0.15, 0.2) is 11.0 Å². The molecule has 0 saturated carbocycles. The van der Waals surface area contributed by atoms with Crippen molar-refractivity contribution in [1.82, 2.24) is 24.6 Å². The lowest BCUT2D eigenvalue weighted by Crippen LogP contribution is -2.43. The van der Waals surface area contributed by atoms with E-state index in [1.807, 2.05) is 35.2 Å². The molecule has 156 valence electrons. The highest BCUT2D eigenvalue weighted by molar-refractivity contribution is 7.99. The first kappa shape index (κ1) is 20.6. The lowest BCUT2D eigenvalue weighted by atomic mass is 9.92. The van der Waals surface area contributed by atoms with Crippen molar-refractivity contribution in [1.29, 1.82) is 0 Å². The molecule has 0 radical (unpaired) electrons. The molecule has 2 atom stereocenters. The SMILES string of the molecule is C[C@@H]1C[C@@H](C)CN(C(=O)CSc2nnc(-c3cccnc3)n2Cc2ccccc2)C1. The van der Waals surface area contributed by atoms with Crippen molar-refractivity contribution >= 4 is 17.7 Å². The first-order valence-corrected chi connectivity index (χ1v) is 11.4. The normalized spacial score (nSPS) is 19.1. The molecule has 1 aromatic carbocycles. The van der Waals surface area contributed by atoms with Gasteiger partial charge in [-0.1, -0.05) is 55.9 Å². The highest BCUT2D eigenvalue weighted by Gasteiger charge is 2.26. The summed E-state index contributed by atoms with van der Waals surface area (Å²) >= 11 is 1.46. The molecule has 3 heterocycles. The molecule has 6 nitrogen and oxygen atoms in total. The highest BCUT2D eigenvalue weighted by atomic mass is 32.2. The van der Waals surface area contributed by atoms with Crippen LogP contribution in [-0.4, -0.2) is 49.4 Å². The number of rotatable bonds is 6. The number of hydrogen-bond acceptors (Lipinski definition) is 5. The highest BCUT2D eigenvalue weighted by Crippen LogP contribution is 2.26. The minimum Gasteiger partial charge on any atom is -0.341 e. The Labute approximate surface area is 181 Å². The molecule has 0 unspecified atom stereocenters. The van der Waals surface area contributed by atoms with Crippen LogP contribution in [0.15, 0.2) is 60.0 Å². The van der Waals surface area contributed by atoms with Crippen molar-refractivity contribution in [3.63, 3.8) is 0 Å². The van der Waals surface area contributed by atoms with Crippen molar-refractivity contribution in [2.75, 3.05) is 18.8 Å². The first-order chi connectivity index (χ1) is 14.6. The van der Waals surface area contributed by atoms with Crippen LogP contribution in [0.3, 0.4) is 0 Å². The van der Waals surface area contributed by atoms with Gasteiger partial charge in [0.05, 0.1) is 12.3 Å². The zero-order chi connectivity index (χ0) is 20.9. The third kappa shape index (κ3) is 4.90. The van der Waals surface area contributed by atoms with E-state index >= 15 is 0 Å². The fourth-order valence-corrected chi connectivity index (χ4v) is 4.94. The first-order valence-electron chi connectivity index (χ1n) is 10.4. The number of benzene rings is 1. The van der Waals surface area contributed by atoms with E-state index in [0.717, 1.165) is 35.2 Å². The van der Waals surface area contributed by atoms with Crippen LogP contribution in [-0.2, 0) is 11.3 Å². The van der Waals surface area contributed by atoms with Crippen molar-refractivity contribution in [2.45, 2.75) is 32.0 Å². The Morgan fingerprint density at radius 3 is 2.53 bits per heavy atom. The molecule has 1 amide bonds. The quantitative estimate of drug-likeness (QED) is 0.563. The standard InChI is InChI=1S/C23H27N5OS/c1-17-11-18(2)14-27(13-17)21(29)16-30-23-26-25-22(20-9-6-10-24-12-20)28(23)15-19-7-4-3-5-8-19/h3-10,12,17-18H,11,13-16H2,1-2H3/t17-,18-/m1/s1. The number of carbonyl (C=O) groups is 1. The lowest BCUT2D eigenvalue weighted by Gasteiger charge is -2.35. The van der Waals surface area contributed by atoms with E-state index in [0.29, 0.717) is 24.1 Å². The van der Waals surface area contributed by atoms with Gasteiger partial charge in [0.2, 0.25) is 5.91 Å². The number of carbonyl (C=O) groups excluding carboxylic acids is 1. The molecular weight excluding hydrogens is 394 g/mol. The minimum atomic E-state index is 0.176. The van der Waals surface area contributed by atoms with Crippen LogP contribution in [0.5, 0.6) is 0 Å².